The lowest BCUT2D eigenvalue weighted by molar-refractivity contribution is -0.133. The molecule has 0 unspecified atom stereocenters. The Morgan fingerprint density at radius 3 is 2.56 bits per heavy atom. The molecular formula is C14H26N2O2. The van der Waals surface area contributed by atoms with Crippen molar-refractivity contribution >= 4 is 5.91 Å². The van der Waals surface area contributed by atoms with Crippen molar-refractivity contribution < 1.29 is 9.53 Å². The van der Waals surface area contributed by atoms with Gasteiger partial charge in [-0.15, -0.1) is 0 Å². The number of rotatable bonds is 5. The van der Waals surface area contributed by atoms with Crippen LogP contribution in [0.3, 0.4) is 0 Å². The molecule has 18 heavy (non-hydrogen) atoms. The zero-order chi connectivity index (χ0) is 12.8. The first-order chi connectivity index (χ1) is 8.77. The molecule has 0 spiro atoms. The molecule has 4 heteroatoms. The van der Waals surface area contributed by atoms with E-state index in [1.807, 2.05) is 11.9 Å². The van der Waals surface area contributed by atoms with E-state index in [1.54, 1.807) is 0 Å². The molecule has 1 saturated heterocycles. The molecule has 104 valence electrons. The van der Waals surface area contributed by atoms with Gasteiger partial charge in [-0.3, -0.25) is 4.79 Å². The Labute approximate surface area is 110 Å². The van der Waals surface area contributed by atoms with Crippen LogP contribution in [0.4, 0.5) is 0 Å². The van der Waals surface area contributed by atoms with Crippen LogP contribution in [0.1, 0.15) is 44.9 Å². The fraction of sp³-hybridized carbons (Fsp3) is 0.929. The van der Waals surface area contributed by atoms with E-state index < -0.39 is 0 Å². The van der Waals surface area contributed by atoms with E-state index in [0.717, 1.165) is 25.9 Å². The lowest BCUT2D eigenvalue weighted by Crippen LogP contribution is -2.36. The van der Waals surface area contributed by atoms with E-state index in [0.29, 0.717) is 25.2 Å². The van der Waals surface area contributed by atoms with E-state index in [2.05, 4.69) is 5.32 Å². The molecule has 1 saturated carbocycles. The van der Waals surface area contributed by atoms with E-state index in [4.69, 9.17) is 4.74 Å². The highest BCUT2D eigenvalue weighted by molar-refractivity contribution is 5.76. The third-order valence-electron chi connectivity index (χ3n) is 4.22. The predicted molar refractivity (Wildman–Crippen MR) is 71.5 cm³/mol. The monoisotopic (exact) mass is 254 g/mol. The molecule has 2 rings (SSSR count). The number of ether oxygens (including phenoxy) is 1. The number of hydrogen-bond acceptors (Lipinski definition) is 3. The summed E-state index contributed by atoms with van der Waals surface area (Å²) >= 11 is 0. The number of nitrogens with one attached hydrogen (secondary N) is 1. The number of carbonyl (C=O) groups excluding carboxylic acids is 1. The Balaban J connectivity index is 1.61. The zero-order valence-corrected chi connectivity index (χ0v) is 11.5. The summed E-state index contributed by atoms with van der Waals surface area (Å²) in [6.45, 7) is 2.67. The van der Waals surface area contributed by atoms with Crippen LogP contribution in [0, 0.1) is 0 Å². The molecule has 0 aromatic heterocycles. The van der Waals surface area contributed by atoms with Gasteiger partial charge in [0, 0.05) is 13.1 Å². The first-order valence-electron chi connectivity index (χ1n) is 7.35. The van der Waals surface area contributed by atoms with Crippen molar-refractivity contribution in [1.82, 2.24) is 10.2 Å². The summed E-state index contributed by atoms with van der Waals surface area (Å²) in [6, 6.07) is 0.483. The fourth-order valence-electron chi connectivity index (χ4n) is 2.95. The second kappa shape index (κ2) is 7.10. The van der Waals surface area contributed by atoms with Crippen LogP contribution in [-0.4, -0.2) is 49.7 Å². The van der Waals surface area contributed by atoms with Crippen molar-refractivity contribution in [2.45, 2.75) is 57.1 Å². The van der Waals surface area contributed by atoms with Crippen LogP contribution >= 0.6 is 0 Å². The summed E-state index contributed by atoms with van der Waals surface area (Å²) in [5.41, 5.74) is 0. The highest BCUT2D eigenvalue weighted by Gasteiger charge is 2.23. The molecular weight excluding hydrogens is 228 g/mol. The van der Waals surface area contributed by atoms with Gasteiger partial charge in [-0.05, 0) is 38.8 Å². The minimum Gasteiger partial charge on any atom is -0.378 e. The second-order valence-electron chi connectivity index (χ2n) is 5.51. The zero-order valence-electron chi connectivity index (χ0n) is 11.5. The molecule has 2 fully saturated rings. The van der Waals surface area contributed by atoms with Gasteiger partial charge in [0.05, 0.1) is 19.1 Å². The van der Waals surface area contributed by atoms with Gasteiger partial charge in [-0.1, -0.05) is 12.8 Å². The van der Waals surface area contributed by atoms with Crippen molar-refractivity contribution in [2.75, 3.05) is 26.7 Å². The highest BCUT2D eigenvalue weighted by atomic mass is 16.5. The van der Waals surface area contributed by atoms with Crippen LogP contribution in [0.2, 0.25) is 0 Å². The van der Waals surface area contributed by atoms with Gasteiger partial charge in [0.15, 0.2) is 0 Å². The smallest absolute Gasteiger partial charge is 0.224 e. The Kier molecular flexibility index (Phi) is 5.45. The largest absolute Gasteiger partial charge is 0.378 e. The molecule has 0 atom stereocenters. The summed E-state index contributed by atoms with van der Waals surface area (Å²) < 4.78 is 5.78. The molecule has 0 aromatic carbocycles. The third kappa shape index (κ3) is 3.95. The predicted octanol–water partition coefficient (Wildman–Crippen LogP) is 1.55. The van der Waals surface area contributed by atoms with Gasteiger partial charge in [0.25, 0.3) is 0 Å². The van der Waals surface area contributed by atoms with Gasteiger partial charge in [-0.2, -0.15) is 0 Å². The number of piperidine rings is 1. The number of hydrogen-bond donors (Lipinski definition) is 1. The lowest BCUT2D eigenvalue weighted by Gasteiger charge is -2.26. The molecule has 1 aliphatic heterocycles. The Morgan fingerprint density at radius 1 is 1.22 bits per heavy atom. The molecule has 1 N–H and O–H groups in total. The van der Waals surface area contributed by atoms with Crippen LogP contribution in [0.5, 0.6) is 0 Å². The molecule has 2 aliphatic rings. The van der Waals surface area contributed by atoms with Crippen LogP contribution < -0.4 is 5.32 Å². The molecule has 4 nitrogen and oxygen atoms in total. The maximum absolute atomic E-state index is 12.0. The average Bonchev–Trinajstić information content (AvgIpc) is 2.93. The van der Waals surface area contributed by atoms with Crippen molar-refractivity contribution in [1.29, 1.82) is 0 Å². The summed E-state index contributed by atoms with van der Waals surface area (Å²) in [7, 11) is 1.95. The van der Waals surface area contributed by atoms with Crippen molar-refractivity contribution in [2.24, 2.45) is 0 Å². The molecule has 0 radical (unpaired) electrons. The average molecular weight is 254 g/mol. The standard InChI is InChI=1S/C14H26N2O2/c1-16(12-4-2-3-5-12)14(17)8-11-18-13-6-9-15-10-7-13/h12-13,15H,2-11H2,1H3. The summed E-state index contributed by atoms with van der Waals surface area (Å²) in [5, 5.41) is 3.31. The summed E-state index contributed by atoms with van der Waals surface area (Å²) in [5.74, 6) is 0.246. The Hall–Kier alpha value is -0.610. The number of amides is 1. The molecule has 0 aromatic rings. The molecule has 1 amide bonds. The first kappa shape index (κ1) is 13.8. The van der Waals surface area contributed by atoms with E-state index in [1.165, 1.54) is 25.7 Å². The summed E-state index contributed by atoms with van der Waals surface area (Å²) in [6.07, 6.45) is 7.95. The molecule has 0 bridgehead atoms. The topological polar surface area (TPSA) is 41.6 Å². The van der Waals surface area contributed by atoms with E-state index >= 15 is 0 Å². The van der Waals surface area contributed by atoms with Gasteiger partial charge >= 0.3 is 0 Å². The van der Waals surface area contributed by atoms with Gasteiger partial charge in [0.2, 0.25) is 5.91 Å². The minimum atomic E-state index is 0.246. The van der Waals surface area contributed by atoms with E-state index in [9.17, 15) is 4.79 Å². The third-order valence-corrected chi connectivity index (χ3v) is 4.22. The first-order valence-corrected chi connectivity index (χ1v) is 7.35. The Morgan fingerprint density at radius 2 is 1.89 bits per heavy atom. The molecule has 1 aliphatic carbocycles. The van der Waals surface area contributed by atoms with Crippen LogP contribution in [-0.2, 0) is 9.53 Å². The lowest BCUT2D eigenvalue weighted by atomic mass is 10.1. The van der Waals surface area contributed by atoms with E-state index in [-0.39, 0.29) is 5.91 Å². The Bertz CT molecular complexity index is 259. The van der Waals surface area contributed by atoms with Crippen LogP contribution in [0.15, 0.2) is 0 Å². The maximum Gasteiger partial charge on any atom is 0.224 e. The van der Waals surface area contributed by atoms with Crippen molar-refractivity contribution in [3.63, 3.8) is 0 Å². The SMILES string of the molecule is CN(C(=O)CCOC1CCNCC1)C1CCCC1. The normalized spacial score (nSPS) is 22.3. The fourth-order valence-corrected chi connectivity index (χ4v) is 2.95. The van der Waals surface area contributed by atoms with Crippen molar-refractivity contribution in [3.8, 4) is 0 Å². The van der Waals surface area contributed by atoms with Gasteiger partial charge in [0.1, 0.15) is 0 Å². The molecule has 1 heterocycles. The quantitative estimate of drug-likeness (QED) is 0.809. The second-order valence-corrected chi connectivity index (χ2v) is 5.51. The summed E-state index contributed by atoms with van der Waals surface area (Å²) in [4.78, 5) is 13.9. The number of nitrogens with zero attached hydrogens (tertiary/aromatic N) is 1. The minimum absolute atomic E-state index is 0.246. The maximum atomic E-state index is 12.0. The van der Waals surface area contributed by atoms with Gasteiger partial charge < -0.3 is 15.0 Å². The highest BCUT2D eigenvalue weighted by Crippen LogP contribution is 2.22. The van der Waals surface area contributed by atoms with Crippen LogP contribution in [0.25, 0.3) is 0 Å². The number of carbonyl (C=O) groups is 1. The van der Waals surface area contributed by atoms with Crippen molar-refractivity contribution in [3.05, 3.63) is 0 Å². The van der Waals surface area contributed by atoms with Gasteiger partial charge in [-0.25, -0.2) is 0 Å².